The molecule has 1 aromatic carbocycles. The highest BCUT2D eigenvalue weighted by Crippen LogP contribution is 2.35. The first-order valence-corrected chi connectivity index (χ1v) is 8.45. The molecule has 0 bridgehead atoms. The van der Waals surface area contributed by atoms with Crippen molar-refractivity contribution >= 4 is 5.91 Å². The molecular formula is C19H23N3O3. The molecule has 1 saturated heterocycles. The van der Waals surface area contributed by atoms with Crippen LogP contribution in [0.15, 0.2) is 36.7 Å². The highest BCUT2D eigenvalue weighted by atomic mass is 16.5. The van der Waals surface area contributed by atoms with Gasteiger partial charge in [-0.1, -0.05) is 12.1 Å². The molecule has 1 aliphatic heterocycles. The number of hydrogen-bond donors (Lipinski definition) is 0. The van der Waals surface area contributed by atoms with Crippen molar-refractivity contribution in [3.05, 3.63) is 42.4 Å². The predicted molar refractivity (Wildman–Crippen MR) is 94.5 cm³/mol. The quantitative estimate of drug-likeness (QED) is 0.836. The smallest absolute Gasteiger partial charge is 0.248 e. The van der Waals surface area contributed by atoms with Crippen LogP contribution in [-0.2, 0) is 9.53 Å². The van der Waals surface area contributed by atoms with Crippen LogP contribution in [0.3, 0.4) is 0 Å². The largest absolute Gasteiger partial charge is 0.496 e. The van der Waals surface area contributed by atoms with Crippen LogP contribution < -0.4 is 4.74 Å². The minimum Gasteiger partial charge on any atom is -0.496 e. The molecule has 2 heterocycles. The fourth-order valence-corrected chi connectivity index (χ4v) is 3.34. The second kappa shape index (κ2) is 8.07. The van der Waals surface area contributed by atoms with Gasteiger partial charge < -0.3 is 14.4 Å². The van der Waals surface area contributed by atoms with E-state index >= 15 is 0 Å². The average Bonchev–Trinajstić information content (AvgIpc) is 2.68. The van der Waals surface area contributed by atoms with Gasteiger partial charge in [-0.15, -0.1) is 0 Å². The lowest BCUT2D eigenvalue weighted by atomic mass is 9.91. The zero-order chi connectivity index (χ0) is 17.6. The van der Waals surface area contributed by atoms with E-state index in [4.69, 9.17) is 9.47 Å². The number of para-hydroxylation sites is 1. The van der Waals surface area contributed by atoms with E-state index in [-0.39, 0.29) is 18.4 Å². The number of benzene rings is 1. The number of likely N-dealkylation sites (tertiary alicyclic amines) is 1. The second-order valence-electron chi connectivity index (χ2n) is 6.10. The molecule has 0 unspecified atom stereocenters. The molecule has 0 radical (unpaired) electrons. The van der Waals surface area contributed by atoms with E-state index in [1.807, 2.05) is 29.2 Å². The van der Waals surface area contributed by atoms with E-state index in [0.717, 1.165) is 42.1 Å². The van der Waals surface area contributed by atoms with E-state index in [9.17, 15) is 4.79 Å². The van der Waals surface area contributed by atoms with Gasteiger partial charge in [-0.3, -0.25) is 14.8 Å². The number of aromatic nitrogens is 2. The summed E-state index contributed by atoms with van der Waals surface area (Å²) in [5.41, 5.74) is 2.67. The SMILES string of the molecule is COCC(=O)N1CCC[C@@H](c2nccnc2-c2ccccc2OC)C1. The zero-order valence-electron chi connectivity index (χ0n) is 14.6. The van der Waals surface area contributed by atoms with Crippen LogP contribution in [0.4, 0.5) is 0 Å². The van der Waals surface area contributed by atoms with Gasteiger partial charge in [0.1, 0.15) is 12.4 Å². The summed E-state index contributed by atoms with van der Waals surface area (Å²) in [6, 6.07) is 7.81. The van der Waals surface area contributed by atoms with Gasteiger partial charge in [0, 0.05) is 44.1 Å². The molecule has 0 N–H and O–H groups in total. The Morgan fingerprint density at radius 1 is 1.24 bits per heavy atom. The van der Waals surface area contributed by atoms with Crippen LogP contribution >= 0.6 is 0 Å². The number of nitrogens with zero attached hydrogens (tertiary/aromatic N) is 3. The summed E-state index contributed by atoms with van der Waals surface area (Å²) in [7, 11) is 3.20. The Hall–Kier alpha value is -2.47. The summed E-state index contributed by atoms with van der Waals surface area (Å²) in [4.78, 5) is 23.2. The molecule has 1 fully saturated rings. The fourth-order valence-electron chi connectivity index (χ4n) is 3.34. The molecule has 1 atom stereocenters. The summed E-state index contributed by atoms with van der Waals surface area (Å²) in [6.07, 6.45) is 5.34. The van der Waals surface area contributed by atoms with Crippen LogP contribution in [0, 0.1) is 0 Å². The molecule has 132 valence electrons. The first kappa shape index (κ1) is 17.4. The van der Waals surface area contributed by atoms with Crippen molar-refractivity contribution in [1.82, 2.24) is 14.9 Å². The van der Waals surface area contributed by atoms with Crippen molar-refractivity contribution in [3.8, 4) is 17.0 Å². The van der Waals surface area contributed by atoms with E-state index < -0.39 is 0 Å². The number of carbonyl (C=O) groups excluding carboxylic acids is 1. The first-order chi connectivity index (χ1) is 12.2. The fraction of sp³-hybridized carbons (Fsp3) is 0.421. The van der Waals surface area contributed by atoms with Gasteiger partial charge >= 0.3 is 0 Å². The zero-order valence-corrected chi connectivity index (χ0v) is 14.6. The summed E-state index contributed by atoms with van der Waals surface area (Å²) in [6.45, 7) is 1.53. The van der Waals surface area contributed by atoms with E-state index in [2.05, 4.69) is 9.97 Å². The standard InChI is InChI=1S/C19H23N3O3/c1-24-13-17(23)22-11-5-6-14(12-22)18-19(21-10-9-20-18)15-7-3-4-8-16(15)25-2/h3-4,7-10,14H,5-6,11-13H2,1-2H3/t14-/m1/s1. The molecule has 25 heavy (non-hydrogen) atoms. The van der Waals surface area contributed by atoms with Crippen molar-refractivity contribution in [3.63, 3.8) is 0 Å². The molecule has 2 aromatic rings. The van der Waals surface area contributed by atoms with Crippen LogP contribution in [0.1, 0.15) is 24.5 Å². The minimum absolute atomic E-state index is 0.0231. The molecule has 0 saturated carbocycles. The van der Waals surface area contributed by atoms with E-state index in [1.54, 1.807) is 26.6 Å². The Morgan fingerprint density at radius 3 is 2.84 bits per heavy atom. The Bertz CT molecular complexity index is 735. The number of carbonyl (C=O) groups is 1. The Balaban J connectivity index is 1.92. The molecule has 1 aromatic heterocycles. The topological polar surface area (TPSA) is 64.5 Å². The van der Waals surface area contributed by atoms with Gasteiger partial charge in [0.25, 0.3) is 0 Å². The summed E-state index contributed by atoms with van der Waals surface area (Å²) in [5, 5.41) is 0. The number of methoxy groups -OCH3 is 2. The monoisotopic (exact) mass is 341 g/mol. The maximum Gasteiger partial charge on any atom is 0.248 e. The molecule has 1 amide bonds. The Kier molecular flexibility index (Phi) is 5.60. The highest BCUT2D eigenvalue weighted by molar-refractivity contribution is 5.77. The Morgan fingerprint density at radius 2 is 2.04 bits per heavy atom. The lowest BCUT2D eigenvalue weighted by molar-refractivity contribution is -0.136. The maximum atomic E-state index is 12.2. The predicted octanol–water partition coefficient (Wildman–Crippen LogP) is 2.50. The maximum absolute atomic E-state index is 12.2. The Labute approximate surface area is 147 Å². The molecule has 0 spiro atoms. The average molecular weight is 341 g/mol. The van der Waals surface area contributed by atoms with Crippen molar-refractivity contribution in [2.24, 2.45) is 0 Å². The number of rotatable bonds is 5. The molecular weight excluding hydrogens is 318 g/mol. The molecule has 1 aliphatic rings. The van der Waals surface area contributed by atoms with Crippen molar-refractivity contribution in [2.45, 2.75) is 18.8 Å². The van der Waals surface area contributed by atoms with Crippen LogP contribution in [0.5, 0.6) is 5.75 Å². The third-order valence-corrected chi connectivity index (χ3v) is 4.52. The molecule has 6 heteroatoms. The summed E-state index contributed by atoms with van der Waals surface area (Å²) >= 11 is 0. The number of ether oxygens (including phenoxy) is 2. The molecule has 6 nitrogen and oxygen atoms in total. The van der Waals surface area contributed by atoms with Crippen molar-refractivity contribution < 1.29 is 14.3 Å². The number of amides is 1. The van der Waals surface area contributed by atoms with Crippen LogP contribution in [-0.4, -0.2) is 54.7 Å². The van der Waals surface area contributed by atoms with E-state index in [0.29, 0.717) is 6.54 Å². The number of hydrogen-bond acceptors (Lipinski definition) is 5. The lowest BCUT2D eigenvalue weighted by Gasteiger charge is -2.33. The van der Waals surface area contributed by atoms with Gasteiger partial charge in [0.2, 0.25) is 5.91 Å². The van der Waals surface area contributed by atoms with Crippen LogP contribution in [0.2, 0.25) is 0 Å². The summed E-state index contributed by atoms with van der Waals surface area (Å²) < 4.78 is 10.5. The van der Waals surface area contributed by atoms with Gasteiger partial charge in [-0.05, 0) is 25.0 Å². The van der Waals surface area contributed by atoms with Crippen molar-refractivity contribution in [1.29, 1.82) is 0 Å². The second-order valence-corrected chi connectivity index (χ2v) is 6.10. The van der Waals surface area contributed by atoms with Crippen molar-refractivity contribution in [2.75, 3.05) is 33.9 Å². The van der Waals surface area contributed by atoms with E-state index in [1.165, 1.54) is 0 Å². The molecule has 0 aliphatic carbocycles. The van der Waals surface area contributed by atoms with Crippen LogP contribution in [0.25, 0.3) is 11.3 Å². The van der Waals surface area contributed by atoms with Gasteiger partial charge in [-0.2, -0.15) is 0 Å². The third kappa shape index (κ3) is 3.79. The van der Waals surface area contributed by atoms with Gasteiger partial charge in [-0.25, -0.2) is 0 Å². The minimum atomic E-state index is 0.0231. The normalized spacial score (nSPS) is 17.4. The first-order valence-electron chi connectivity index (χ1n) is 8.45. The van der Waals surface area contributed by atoms with Gasteiger partial charge in [0.15, 0.2) is 0 Å². The third-order valence-electron chi connectivity index (χ3n) is 4.52. The number of piperidine rings is 1. The molecule has 3 rings (SSSR count). The summed E-state index contributed by atoms with van der Waals surface area (Å²) in [5.74, 6) is 0.950. The highest BCUT2D eigenvalue weighted by Gasteiger charge is 2.28. The lowest BCUT2D eigenvalue weighted by Crippen LogP contribution is -2.41. The van der Waals surface area contributed by atoms with Gasteiger partial charge in [0.05, 0.1) is 18.5 Å².